The predicted molar refractivity (Wildman–Crippen MR) is 100 cm³/mol. The molecular weight excluding hydrogens is 328 g/mol. The van der Waals surface area contributed by atoms with Gasteiger partial charge in [-0.3, -0.25) is 4.79 Å². The summed E-state index contributed by atoms with van der Waals surface area (Å²) in [5, 5.41) is 2.86. The minimum absolute atomic E-state index is 0.109. The van der Waals surface area contributed by atoms with Crippen LogP contribution in [0.5, 0.6) is 0 Å². The van der Waals surface area contributed by atoms with Crippen molar-refractivity contribution in [1.82, 2.24) is 0 Å². The molecule has 26 heavy (non-hydrogen) atoms. The fraction of sp³-hybridized carbons (Fsp3) is 0.333. The third-order valence-corrected chi connectivity index (χ3v) is 5.01. The summed E-state index contributed by atoms with van der Waals surface area (Å²) in [7, 11) is 3.39. The van der Waals surface area contributed by atoms with E-state index in [-0.39, 0.29) is 5.91 Å². The van der Waals surface area contributed by atoms with E-state index >= 15 is 0 Å². The Morgan fingerprint density at radius 1 is 1.15 bits per heavy atom. The van der Waals surface area contributed by atoms with Gasteiger partial charge >= 0.3 is 5.97 Å². The van der Waals surface area contributed by atoms with Crippen molar-refractivity contribution in [2.75, 3.05) is 26.0 Å². The molecule has 1 unspecified atom stereocenters. The molecule has 2 N–H and O–H groups in total. The van der Waals surface area contributed by atoms with Gasteiger partial charge in [-0.25, -0.2) is 4.79 Å². The first-order valence-electron chi connectivity index (χ1n) is 8.97. The van der Waals surface area contributed by atoms with Crippen molar-refractivity contribution in [2.24, 2.45) is 0 Å². The number of aryl methyl sites for hydroxylation is 1. The van der Waals surface area contributed by atoms with Crippen molar-refractivity contribution >= 4 is 17.6 Å². The summed E-state index contributed by atoms with van der Waals surface area (Å²) in [4.78, 5) is 25.6. The van der Waals surface area contributed by atoms with Gasteiger partial charge in [0, 0.05) is 12.0 Å². The number of benzene rings is 2. The number of anilines is 1. The Labute approximate surface area is 154 Å². The Morgan fingerprint density at radius 3 is 2.69 bits per heavy atom. The number of fused-ring (bicyclic) bond motifs is 1. The molecular formula is C21H25N2O3+. The zero-order valence-corrected chi connectivity index (χ0v) is 15.2. The summed E-state index contributed by atoms with van der Waals surface area (Å²) < 4.78 is 4.78. The van der Waals surface area contributed by atoms with Gasteiger partial charge in [-0.05, 0) is 30.5 Å². The quantitative estimate of drug-likeness (QED) is 0.809. The van der Waals surface area contributed by atoms with E-state index in [0.717, 1.165) is 24.2 Å². The first kappa shape index (κ1) is 18.1. The van der Waals surface area contributed by atoms with Crippen LogP contribution in [0, 0.1) is 0 Å². The van der Waals surface area contributed by atoms with Gasteiger partial charge < -0.3 is 15.0 Å². The molecule has 0 radical (unpaired) electrons. The number of carbonyl (C=O) groups excluding carboxylic acids is 2. The molecule has 2 aromatic rings. The smallest absolute Gasteiger partial charge is 0.339 e. The van der Waals surface area contributed by atoms with Crippen LogP contribution in [0.2, 0.25) is 0 Å². The van der Waals surface area contributed by atoms with Gasteiger partial charge in [-0.1, -0.05) is 36.4 Å². The number of hydrogen-bond acceptors (Lipinski definition) is 3. The van der Waals surface area contributed by atoms with Gasteiger partial charge in [0.05, 0.1) is 25.4 Å². The Kier molecular flexibility index (Phi) is 5.68. The van der Waals surface area contributed by atoms with Crippen LogP contribution in [0.3, 0.4) is 0 Å². The van der Waals surface area contributed by atoms with E-state index in [9.17, 15) is 9.59 Å². The molecule has 5 heteroatoms. The third kappa shape index (κ3) is 3.94. The van der Waals surface area contributed by atoms with Crippen LogP contribution in [0.25, 0.3) is 0 Å². The normalized spacial score (nSPS) is 17.1. The van der Waals surface area contributed by atoms with Crippen LogP contribution >= 0.6 is 0 Å². The van der Waals surface area contributed by atoms with Crippen molar-refractivity contribution in [3.63, 3.8) is 0 Å². The highest BCUT2D eigenvalue weighted by Gasteiger charge is 2.28. The van der Waals surface area contributed by atoms with Crippen molar-refractivity contribution in [3.8, 4) is 0 Å². The van der Waals surface area contributed by atoms with E-state index < -0.39 is 5.97 Å². The van der Waals surface area contributed by atoms with Crippen molar-refractivity contribution in [3.05, 3.63) is 65.2 Å². The molecule has 2 atom stereocenters. The molecule has 0 saturated heterocycles. The lowest BCUT2D eigenvalue weighted by Crippen LogP contribution is -3.10. The molecule has 0 saturated carbocycles. The molecule has 3 rings (SSSR count). The number of quaternary nitrogens is 1. The summed E-state index contributed by atoms with van der Waals surface area (Å²) >= 11 is 0. The molecule has 0 aromatic heterocycles. The lowest BCUT2D eigenvalue weighted by atomic mass is 9.87. The zero-order valence-electron chi connectivity index (χ0n) is 15.2. The predicted octanol–water partition coefficient (Wildman–Crippen LogP) is 2.00. The van der Waals surface area contributed by atoms with Crippen LogP contribution in [-0.2, 0) is 16.0 Å². The number of rotatable bonds is 5. The van der Waals surface area contributed by atoms with Crippen LogP contribution in [0.15, 0.2) is 48.5 Å². The minimum atomic E-state index is -0.456. The molecule has 1 aliphatic carbocycles. The number of nitrogens with one attached hydrogen (secondary N) is 2. The summed E-state index contributed by atoms with van der Waals surface area (Å²) in [5.41, 5.74) is 3.59. The number of carbonyl (C=O) groups is 2. The van der Waals surface area contributed by atoms with Gasteiger partial charge in [0.15, 0.2) is 6.54 Å². The van der Waals surface area contributed by atoms with E-state index in [1.54, 1.807) is 24.3 Å². The molecule has 0 aliphatic heterocycles. The number of hydrogen-bond donors (Lipinski definition) is 2. The molecule has 0 heterocycles. The van der Waals surface area contributed by atoms with Crippen LogP contribution in [0.4, 0.5) is 5.69 Å². The maximum Gasteiger partial charge on any atom is 0.339 e. The largest absolute Gasteiger partial charge is 0.465 e. The van der Waals surface area contributed by atoms with Crippen molar-refractivity contribution in [1.29, 1.82) is 0 Å². The van der Waals surface area contributed by atoms with E-state index in [4.69, 9.17) is 4.74 Å². The van der Waals surface area contributed by atoms with Gasteiger partial charge in [0.1, 0.15) is 6.04 Å². The Morgan fingerprint density at radius 2 is 1.88 bits per heavy atom. The monoisotopic (exact) mass is 353 g/mol. The number of methoxy groups -OCH3 is 1. The second-order valence-electron chi connectivity index (χ2n) is 6.75. The summed E-state index contributed by atoms with van der Waals surface area (Å²) in [6, 6.07) is 15.7. The average molecular weight is 353 g/mol. The fourth-order valence-electron chi connectivity index (χ4n) is 3.72. The van der Waals surface area contributed by atoms with Crippen molar-refractivity contribution in [2.45, 2.75) is 25.3 Å². The molecule has 136 valence electrons. The molecule has 0 bridgehead atoms. The number of para-hydroxylation sites is 1. The topological polar surface area (TPSA) is 59.8 Å². The highest BCUT2D eigenvalue weighted by molar-refractivity contribution is 6.01. The molecule has 2 aromatic carbocycles. The number of likely N-dealkylation sites (N-methyl/N-ethyl adjacent to an activating group) is 1. The van der Waals surface area contributed by atoms with E-state index in [0.29, 0.717) is 23.8 Å². The average Bonchev–Trinajstić information content (AvgIpc) is 2.67. The molecule has 1 amide bonds. The van der Waals surface area contributed by atoms with E-state index in [2.05, 4.69) is 36.6 Å². The highest BCUT2D eigenvalue weighted by Crippen LogP contribution is 2.27. The van der Waals surface area contributed by atoms with Gasteiger partial charge in [-0.2, -0.15) is 0 Å². The maximum atomic E-state index is 12.6. The van der Waals surface area contributed by atoms with E-state index in [1.165, 1.54) is 18.2 Å². The Balaban J connectivity index is 1.69. The van der Waals surface area contributed by atoms with Crippen LogP contribution in [0.1, 0.15) is 40.4 Å². The zero-order chi connectivity index (χ0) is 18.5. The van der Waals surface area contributed by atoms with Crippen molar-refractivity contribution < 1.29 is 19.2 Å². The molecule has 0 fully saturated rings. The Hall–Kier alpha value is -2.66. The SMILES string of the molecule is COC(=O)c1ccccc1NC(=O)C[NH+](C)[C@@H]1CCCc2ccccc21. The summed E-state index contributed by atoms with van der Waals surface area (Å²) in [6.07, 6.45) is 3.33. The van der Waals surface area contributed by atoms with Gasteiger partial charge in [-0.15, -0.1) is 0 Å². The minimum Gasteiger partial charge on any atom is -0.465 e. The summed E-state index contributed by atoms with van der Waals surface area (Å²) in [6.45, 7) is 0.342. The first-order valence-corrected chi connectivity index (χ1v) is 8.97. The standard InChI is InChI=1S/C21H24N2O3/c1-23(19-13-7-9-15-8-3-4-10-16(15)19)14-20(24)22-18-12-6-5-11-17(18)21(25)26-2/h3-6,8,10-12,19H,7,9,13-14H2,1-2H3,(H,22,24)/p+1/t19-/m1/s1. The fourth-order valence-corrected chi connectivity index (χ4v) is 3.72. The lowest BCUT2D eigenvalue weighted by molar-refractivity contribution is -0.905. The Bertz CT molecular complexity index is 803. The number of esters is 1. The lowest BCUT2D eigenvalue weighted by Gasteiger charge is -2.30. The molecule has 1 aliphatic rings. The second-order valence-corrected chi connectivity index (χ2v) is 6.75. The van der Waals surface area contributed by atoms with Crippen LogP contribution in [-0.4, -0.2) is 32.6 Å². The van der Waals surface area contributed by atoms with Crippen LogP contribution < -0.4 is 10.2 Å². The third-order valence-electron chi connectivity index (χ3n) is 5.01. The first-order chi connectivity index (χ1) is 12.6. The highest BCUT2D eigenvalue weighted by atomic mass is 16.5. The molecule has 0 spiro atoms. The van der Waals surface area contributed by atoms with Gasteiger partial charge in [0.2, 0.25) is 0 Å². The second kappa shape index (κ2) is 8.15. The number of amides is 1. The maximum absolute atomic E-state index is 12.6. The summed E-state index contributed by atoms with van der Waals surface area (Å²) in [5.74, 6) is -0.565. The van der Waals surface area contributed by atoms with Gasteiger partial charge in [0.25, 0.3) is 5.91 Å². The molecule has 5 nitrogen and oxygen atoms in total. The number of ether oxygens (including phenoxy) is 1. The van der Waals surface area contributed by atoms with E-state index in [1.807, 2.05) is 0 Å².